The van der Waals surface area contributed by atoms with Crippen molar-refractivity contribution in [3.8, 4) is 5.69 Å². The average Bonchev–Trinajstić information content (AvgIpc) is 3.26. The molecule has 0 spiro atoms. The van der Waals surface area contributed by atoms with E-state index in [1.165, 1.54) is 16.1 Å². The predicted octanol–water partition coefficient (Wildman–Crippen LogP) is 3.82. The minimum absolute atomic E-state index is 0.605. The lowest BCUT2D eigenvalue weighted by Gasteiger charge is -2.43. The third-order valence-corrected chi connectivity index (χ3v) is 6.99. The van der Waals surface area contributed by atoms with Crippen LogP contribution in [0, 0.1) is 0 Å². The van der Waals surface area contributed by atoms with Crippen molar-refractivity contribution in [3.05, 3.63) is 54.4 Å². The number of benzene rings is 2. The molecule has 168 valence electrons. The Bertz CT molecular complexity index is 1060. The summed E-state index contributed by atoms with van der Waals surface area (Å²) in [5, 5.41) is 8.07. The second-order valence-electron chi connectivity index (χ2n) is 8.30. The zero-order chi connectivity index (χ0) is 21.9. The quantitative estimate of drug-likeness (QED) is 0.549. The van der Waals surface area contributed by atoms with Gasteiger partial charge in [0.05, 0.1) is 24.9 Å². The maximum atomic E-state index is 5.37. The molecule has 2 aliphatic heterocycles. The number of hydrogen-bond donors (Lipinski definition) is 1. The van der Waals surface area contributed by atoms with E-state index in [9.17, 15) is 0 Å². The molecule has 1 aromatic heterocycles. The third kappa shape index (κ3) is 4.62. The van der Waals surface area contributed by atoms with Crippen LogP contribution in [-0.4, -0.2) is 71.4 Å². The Balaban J connectivity index is 1.30. The highest BCUT2D eigenvalue weighted by atomic mass is 32.2. The van der Waals surface area contributed by atoms with Crippen molar-refractivity contribution in [2.45, 2.75) is 24.3 Å². The molecule has 7 nitrogen and oxygen atoms in total. The SMILES string of the molecule is CCc1cc(Nc2ncn(-c3cccc(SC)c3)n2)cc(N2CCN(C3COC3)CC2)c1. The summed E-state index contributed by atoms with van der Waals surface area (Å²) < 4.78 is 7.18. The monoisotopic (exact) mass is 450 g/mol. The highest BCUT2D eigenvalue weighted by molar-refractivity contribution is 7.98. The van der Waals surface area contributed by atoms with Crippen LogP contribution in [0.3, 0.4) is 0 Å². The van der Waals surface area contributed by atoms with Crippen LogP contribution in [0.4, 0.5) is 17.3 Å². The van der Waals surface area contributed by atoms with E-state index in [2.05, 4.69) is 68.7 Å². The highest BCUT2D eigenvalue weighted by Gasteiger charge is 2.29. The number of nitrogens with zero attached hydrogens (tertiary/aromatic N) is 5. The lowest BCUT2D eigenvalue weighted by atomic mass is 10.1. The van der Waals surface area contributed by atoms with Crippen molar-refractivity contribution >= 4 is 29.1 Å². The van der Waals surface area contributed by atoms with Gasteiger partial charge in [-0.1, -0.05) is 13.0 Å². The van der Waals surface area contributed by atoms with E-state index in [4.69, 9.17) is 4.74 Å². The zero-order valence-electron chi connectivity index (χ0n) is 18.7. The summed E-state index contributed by atoms with van der Waals surface area (Å²) in [7, 11) is 0. The number of thioether (sulfide) groups is 1. The normalized spacial score (nSPS) is 17.4. The molecule has 5 rings (SSSR count). The van der Waals surface area contributed by atoms with Crippen LogP contribution < -0.4 is 10.2 Å². The Morgan fingerprint density at radius 1 is 1.06 bits per heavy atom. The molecule has 8 heteroatoms. The van der Waals surface area contributed by atoms with Crippen LogP contribution in [0.1, 0.15) is 12.5 Å². The Hall–Kier alpha value is -2.55. The molecule has 1 N–H and O–H groups in total. The highest BCUT2D eigenvalue weighted by Crippen LogP contribution is 2.27. The standard InChI is InChI=1S/C24H30N6OS/c1-3-18-11-19(13-21(12-18)28-7-9-29(10-8-28)22-15-31-16-22)26-24-25-17-30(27-24)20-5-4-6-23(14-20)32-2/h4-6,11-14,17,22H,3,7-10,15-16H2,1-2H3,(H,26,27). The van der Waals surface area contributed by atoms with Crippen molar-refractivity contribution in [3.63, 3.8) is 0 Å². The van der Waals surface area contributed by atoms with Gasteiger partial charge >= 0.3 is 0 Å². The molecule has 0 saturated carbocycles. The van der Waals surface area contributed by atoms with Crippen molar-refractivity contribution in [1.82, 2.24) is 19.7 Å². The number of piperazine rings is 1. The number of anilines is 3. The topological polar surface area (TPSA) is 58.5 Å². The minimum atomic E-state index is 0.605. The second kappa shape index (κ2) is 9.52. The zero-order valence-corrected chi connectivity index (χ0v) is 19.5. The molecule has 3 heterocycles. The molecule has 2 fully saturated rings. The number of ether oxygens (including phenoxy) is 1. The lowest BCUT2D eigenvalue weighted by molar-refractivity contribution is -0.0660. The third-order valence-electron chi connectivity index (χ3n) is 6.27. The Labute approximate surface area is 193 Å². The summed E-state index contributed by atoms with van der Waals surface area (Å²) in [6, 6.07) is 15.7. The van der Waals surface area contributed by atoms with E-state index in [1.54, 1.807) is 18.1 Å². The summed E-state index contributed by atoms with van der Waals surface area (Å²) >= 11 is 1.72. The first-order chi connectivity index (χ1) is 15.7. The molecule has 2 aromatic carbocycles. The first-order valence-corrected chi connectivity index (χ1v) is 12.5. The summed E-state index contributed by atoms with van der Waals surface area (Å²) in [6.45, 7) is 8.25. The molecule has 0 aliphatic carbocycles. The molecule has 0 bridgehead atoms. The van der Waals surface area contributed by atoms with E-state index in [-0.39, 0.29) is 0 Å². The van der Waals surface area contributed by atoms with Gasteiger partial charge in [0.1, 0.15) is 6.33 Å². The van der Waals surface area contributed by atoms with E-state index < -0.39 is 0 Å². The van der Waals surface area contributed by atoms with Gasteiger partial charge in [0.15, 0.2) is 0 Å². The van der Waals surface area contributed by atoms with Gasteiger partial charge in [0.2, 0.25) is 5.95 Å². The van der Waals surface area contributed by atoms with E-state index in [0.29, 0.717) is 12.0 Å². The van der Waals surface area contributed by atoms with Gasteiger partial charge in [-0.05, 0) is 54.6 Å². The number of rotatable bonds is 7. The van der Waals surface area contributed by atoms with Gasteiger partial charge in [-0.25, -0.2) is 4.68 Å². The fourth-order valence-corrected chi connectivity index (χ4v) is 4.69. The van der Waals surface area contributed by atoms with Crippen molar-refractivity contribution < 1.29 is 4.74 Å². The Morgan fingerprint density at radius 3 is 2.62 bits per heavy atom. The summed E-state index contributed by atoms with van der Waals surface area (Å²) in [6.07, 6.45) is 4.83. The molecule has 0 amide bonds. The van der Waals surface area contributed by atoms with Crippen LogP contribution in [0.2, 0.25) is 0 Å². The number of aryl methyl sites for hydroxylation is 1. The molecule has 3 aromatic rings. The molecule has 2 saturated heterocycles. The van der Waals surface area contributed by atoms with Crippen molar-refractivity contribution in [2.75, 3.05) is 55.9 Å². The van der Waals surface area contributed by atoms with Gasteiger partial charge in [0, 0.05) is 42.4 Å². The number of aromatic nitrogens is 3. The maximum Gasteiger partial charge on any atom is 0.246 e. The fourth-order valence-electron chi connectivity index (χ4n) is 4.24. The second-order valence-corrected chi connectivity index (χ2v) is 9.17. The van der Waals surface area contributed by atoms with Gasteiger partial charge in [-0.15, -0.1) is 16.9 Å². The molecule has 0 unspecified atom stereocenters. The summed E-state index contributed by atoms with van der Waals surface area (Å²) in [4.78, 5) is 10.7. The fraction of sp³-hybridized carbons (Fsp3) is 0.417. The smallest absolute Gasteiger partial charge is 0.246 e. The van der Waals surface area contributed by atoms with Crippen molar-refractivity contribution in [2.24, 2.45) is 0 Å². The Kier molecular flexibility index (Phi) is 6.34. The van der Waals surface area contributed by atoms with E-state index in [1.807, 2.05) is 16.8 Å². The van der Waals surface area contributed by atoms with Crippen LogP contribution in [0.15, 0.2) is 53.7 Å². The van der Waals surface area contributed by atoms with Gasteiger partial charge in [-0.2, -0.15) is 4.98 Å². The first-order valence-electron chi connectivity index (χ1n) is 11.3. The van der Waals surface area contributed by atoms with E-state index in [0.717, 1.165) is 57.2 Å². The van der Waals surface area contributed by atoms with Gasteiger partial charge in [0.25, 0.3) is 0 Å². The summed E-state index contributed by atoms with van der Waals surface area (Å²) in [5.74, 6) is 0.605. The molecule has 0 atom stereocenters. The molecule has 32 heavy (non-hydrogen) atoms. The van der Waals surface area contributed by atoms with Crippen LogP contribution in [-0.2, 0) is 11.2 Å². The average molecular weight is 451 g/mol. The number of nitrogens with one attached hydrogen (secondary N) is 1. The molecular weight excluding hydrogens is 420 g/mol. The number of hydrogen-bond acceptors (Lipinski definition) is 7. The predicted molar refractivity (Wildman–Crippen MR) is 131 cm³/mol. The minimum Gasteiger partial charge on any atom is -0.378 e. The van der Waals surface area contributed by atoms with Gasteiger partial charge in [-0.3, -0.25) is 4.90 Å². The molecule has 0 radical (unpaired) electrons. The molecule has 2 aliphatic rings. The van der Waals surface area contributed by atoms with Crippen LogP contribution in [0.5, 0.6) is 0 Å². The van der Waals surface area contributed by atoms with E-state index >= 15 is 0 Å². The van der Waals surface area contributed by atoms with Gasteiger partial charge < -0.3 is 15.0 Å². The van der Waals surface area contributed by atoms with Crippen molar-refractivity contribution in [1.29, 1.82) is 0 Å². The largest absolute Gasteiger partial charge is 0.378 e. The maximum absolute atomic E-state index is 5.37. The lowest BCUT2D eigenvalue weighted by Crippen LogP contribution is -2.56. The van der Waals surface area contributed by atoms with Crippen LogP contribution in [0.25, 0.3) is 5.69 Å². The van der Waals surface area contributed by atoms with Crippen LogP contribution >= 0.6 is 11.8 Å². The summed E-state index contributed by atoms with van der Waals surface area (Å²) in [5.41, 5.74) is 4.62. The molecular formula is C24H30N6OS. The first kappa shape index (κ1) is 21.3. The Morgan fingerprint density at radius 2 is 1.91 bits per heavy atom.